The molecule has 5 nitrogen and oxygen atoms in total. The van der Waals surface area contributed by atoms with Gasteiger partial charge in [0, 0.05) is 16.6 Å². The molecule has 0 aliphatic rings. The molecule has 116 valence electrons. The van der Waals surface area contributed by atoms with E-state index in [9.17, 15) is 5.21 Å². The maximum absolute atomic E-state index is 10.4. The summed E-state index contributed by atoms with van der Waals surface area (Å²) in [5, 5.41) is 24.8. The van der Waals surface area contributed by atoms with Crippen LogP contribution in [0.4, 0.5) is 0 Å². The molecule has 0 aliphatic heterocycles. The largest absolute Gasteiger partial charge is 0.498 e. The topological polar surface area (TPSA) is 61.2 Å². The van der Waals surface area contributed by atoms with E-state index in [0.29, 0.717) is 22.6 Å². The normalized spacial score (nSPS) is 9.39. The molecule has 0 unspecified atom stereocenters. The Labute approximate surface area is 134 Å². The third-order valence-electron chi connectivity index (χ3n) is 3.67. The Hall–Kier alpha value is -3.18. The van der Waals surface area contributed by atoms with Crippen LogP contribution in [-0.4, -0.2) is 5.21 Å². The number of ether oxygens (including phenoxy) is 1. The number of hydrogen-bond acceptors (Lipinski definition) is 3. The quantitative estimate of drug-likeness (QED) is 0.797. The Balaban J connectivity index is 2.54. The van der Waals surface area contributed by atoms with E-state index in [0.717, 1.165) is 22.3 Å². The van der Waals surface area contributed by atoms with Crippen molar-refractivity contribution in [1.82, 2.24) is 0 Å². The first-order chi connectivity index (χ1) is 11.0. The van der Waals surface area contributed by atoms with Gasteiger partial charge in [-0.1, -0.05) is 12.1 Å². The summed E-state index contributed by atoms with van der Waals surface area (Å²) in [5.41, 5.74) is 4.82. The van der Waals surface area contributed by atoms with Crippen LogP contribution < -0.4 is 4.74 Å². The number of rotatable bonds is 2. The van der Waals surface area contributed by atoms with E-state index >= 15 is 0 Å². The lowest BCUT2D eigenvalue weighted by atomic mass is 10.0. The van der Waals surface area contributed by atoms with Crippen molar-refractivity contribution in [3.63, 3.8) is 0 Å². The van der Waals surface area contributed by atoms with E-state index < -0.39 is 0 Å². The fraction of sp³-hybridized carbons (Fsp3) is 0.222. The van der Waals surface area contributed by atoms with Gasteiger partial charge in [-0.05, 0) is 50.5 Å². The zero-order chi connectivity index (χ0) is 17.0. The molecule has 1 N–H and O–H groups in total. The summed E-state index contributed by atoms with van der Waals surface area (Å²) < 4.78 is 6.05. The minimum absolute atomic E-state index is 0.592. The van der Waals surface area contributed by atoms with Crippen molar-refractivity contribution in [2.45, 2.75) is 27.7 Å². The highest BCUT2D eigenvalue weighted by molar-refractivity contribution is 5.55. The molecule has 0 fully saturated rings. The monoisotopic (exact) mass is 309 g/mol. The lowest BCUT2D eigenvalue weighted by Gasteiger charge is -2.14. The SMILES string of the molecule is Cc1cc(C)c(Oc2c(C)ccc(C#[N+][O-])c2C)cc1C#[N+]O. The average molecular weight is 309 g/mol. The van der Waals surface area contributed by atoms with Crippen molar-refractivity contribution in [1.29, 1.82) is 0 Å². The van der Waals surface area contributed by atoms with Gasteiger partial charge in [0.2, 0.25) is 5.01 Å². The summed E-state index contributed by atoms with van der Waals surface area (Å²) >= 11 is 0. The summed E-state index contributed by atoms with van der Waals surface area (Å²) in [4.78, 5) is 0. The maximum atomic E-state index is 10.4. The summed E-state index contributed by atoms with van der Waals surface area (Å²) in [7, 11) is 0. The molecule has 5 heteroatoms. The summed E-state index contributed by atoms with van der Waals surface area (Å²) in [5.74, 6) is 1.28. The standard InChI is InChI=1S/C18H16N2O3/c1-11-5-6-15(9-19-21)14(4)18(11)23-17-8-16(10-20-22)12(2)7-13(17)3/h5-8H,1-4H3/p+1. The van der Waals surface area contributed by atoms with E-state index in [4.69, 9.17) is 9.94 Å². The molecule has 2 rings (SSSR count). The van der Waals surface area contributed by atoms with Crippen molar-refractivity contribution < 1.29 is 9.94 Å². The summed E-state index contributed by atoms with van der Waals surface area (Å²) in [6, 6.07) is 12.3. The van der Waals surface area contributed by atoms with Gasteiger partial charge in [0.25, 0.3) is 0 Å². The third-order valence-corrected chi connectivity index (χ3v) is 3.67. The Kier molecular flexibility index (Phi) is 4.73. The molecule has 2 aromatic carbocycles. The van der Waals surface area contributed by atoms with E-state index in [1.54, 1.807) is 12.1 Å². The Bertz CT molecular complexity index is 881. The fourth-order valence-corrected chi connectivity index (χ4v) is 2.38. The van der Waals surface area contributed by atoms with E-state index in [2.05, 4.69) is 22.2 Å². The van der Waals surface area contributed by atoms with Gasteiger partial charge in [-0.15, -0.1) is 0 Å². The van der Waals surface area contributed by atoms with Crippen LogP contribution in [0.25, 0.3) is 10.0 Å². The van der Waals surface area contributed by atoms with Gasteiger partial charge in [-0.2, -0.15) is 5.21 Å². The lowest BCUT2D eigenvalue weighted by Crippen LogP contribution is -1.97. The molecule has 0 aromatic heterocycles. The van der Waals surface area contributed by atoms with Gasteiger partial charge in [0.05, 0.1) is 0 Å². The van der Waals surface area contributed by atoms with Crippen LogP contribution in [0, 0.1) is 45.0 Å². The zero-order valence-electron chi connectivity index (χ0n) is 13.5. The first kappa shape index (κ1) is 16.2. The van der Waals surface area contributed by atoms with Gasteiger partial charge in [0.1, 0.15) is 22.6 Å². The van der Waals surface area contributed by atoms with Crippen LogP contribution in [-0.2, 0) is 0 Å². The number of aryl methyl sites for hydroxylation is 3. The third kappa shape index (κ3) is 3.36. The molecule has 0 saturated heterocycles. The summed E-state index contributed by atoms with van der Waals surface area (Å²) in [6.45, 7) is 7.61. The van der Waals surface area contributed by atoms with E-state index in [1.807, 2.05) is 39.8 Å². The van der Waals surface area contributed by atoms with E-state index in [-0.39, 0.29) is 0 Å². The highest BCUT2D eigenvalue weighted by Gasteiger charge is 2.15. The average Bonchev–Trinajstić information content (AvgIpc) is 2.51. The van der Waals surface area contributed by atoms with Gasteiger partial charge < -0.3 is 9.94 Å². The molecule has 0 atom stereocenters. The van der Waals surface area contributed by atoms with Crippen LogP contribution >= 0.6 is 0 Å². The first-order valence-electron chi connectivity index (χ1n) is 7.05. The Morgan fingerprint density at radius 3 is 2.35 bits per heavy atom. The van der Waals surface area contributed by atoms with Gasteiger partial charge in [-0.25, -0.2) is 0 Å². The van der Waals surface area contributed by atoms with Crippen LogP contribution in [0.2, 0.25) is 0 Å². The van der Waals surface area contributed by atoms with Crippen LogP contribution in [0.15, 0.2) is 24.3 Å². The van der Waals surface area contributed by atoms with Crippen LogP contribution in [0.1, 0.15) is 33.4 Å². The molecule has 0 amide bonds. The van der Waals surface area contributed by atoms with Crippen molar-refractivity contribution >= 4 is 0 Å². The lowest BCUT2D eigenvalue weighted by molar-refractivity contribution is 0.464. The fourth-order valence-electron chi connectivity index (χ4n) is 2.38. The van der Waals surface area contributed by atoms with Gasteiger partial charge in [-0.3, -0.25) is 0 Å². The summed E-state index contributed by atoms with van der Waals surface area (Å²) in [6.07, 6.45) is 0. The number of benzene rings is 2. The Morgan fingerprint density at radius 2 is 1.70 bits per heavy atom. The second-order valence-corrected chi connectivity index (χ2v) is 5.33. The molecular weight excluding hydrogens is 292 g/mol. The number of nitrogens with zero attached hydrogens (tertiary/aromatic N) is 2. The molecule has 0 saturated carbocycles. The maximum Gasteiger partial charge on any atom is 0.388 e. The zero-order valence-corrected chi connectivity index (χ0v) is 13.5. The molecule has 0 spiro atoms. The molecule has 2 aromatic rings. The first-order valence-corrected chi connectivity index (χ1v) is 7.05. The van der Waals surface area contributed by atoms with Crippen molar-refractivity contribution in [2.24, 2.45) is 0 Å². The molecule has 0 heterocycles. The molecule has 0 aliphatic carbocycles. The van der Waals surface area contributed by atoms with Crippen molar-refractivity contribution in [2.75, 3.05) is 0 Å². The molecule has 0 radical (unpaired) electrons. The van der Waals surface area contributed by atoms with Gasteiger partial charge in [0.15, 0.2) is 0 Å². The minimum atomic E-state index is 0.592. The van der Waals surface area contributed by atoms with Crippen molar-refractivity contribution in [3.05, 3.63) is 72.9 Å². The minimum Gasteiger partial charge on any atom is -0.498 e. The highest BCUT2D eigenvalue weighted by Crippen LogP contribution is 2.33. The predicted octanol–water partition coefficient (Wildman–Crippen LogP) is 4.96. The number of hydrogen-bond donors (Lipinski definition) is 1. The predicted molar refractivity (Wildman–Crippen MR) is 89.8 cm³/mol. The van der Waals surface area contributed by atoms with E-state index in [1.165, 1.54) is 0 Å². The molecule has 23 heavy (non-hydrogen) atoms. The second-order valence-electron chi connectivity index (χ2n) is 5.33. The molecule has 0 bridgehead atoms. The smallest absolute Gasteiger partial charge is 0.388 e. The Morgan fingerprint density at radius 1 is 0.957 bits per heavy atom. The second kappa shape index (κ2) is 6.72. The van der Waals surface area contributed by atoms with Crippen LogP contribution in [0.5, 0.6) is 11.5 Å². The highest BCUT2D eigenvalue weighted by atomic mass is 16.5. The van der Waals surface area contributed by atoms with Crippen LogP contribution in [0.3, 0.4) is 0 Å². The van der Waals surface area contributed by atoms with Crippen molar-refractivity contribution in [3.8, 4) is 23.6 Å². The molecular formula is C18H17N2O3+. The van der Waals surface area contributed by atoms with Gasteiger partial charge >= 0.3 is 12.1 Å².